The van der Waals surface area contributed by atoms with E-state index in [-0.39, 0.29) is 24.4 Å². The maximum atomic E-state index is 13.0. The van der Waals surface area contributed by atoms with Crippen LogP contribution in [0.15, 0.2) is 29.6 Å². The van der Waals surface area contributed by atoms with E-state index in [0.717, 1.165) is 17.7 Å². The average Bonchev–Trinajstić information content (AvgIpc) is 3.13. The average molecular weight is 401 g/mol. The zero-order valence-corrected chi connectivity index (χ0v) is 17.8. The van der Waals surface area contributed by atoms with Crippen LogP contribution in [-0.2, 0) is 16.0 Å². The molecule has 0 saturated carbocycles. The number of likely N-dealkylation sites (N-methyl/N-ethyl adjacent to an activating group) is 1. The van der Waals surface area contributed by atoms with Crippen LogP contribution in [0.1, 0.15) is 41.5 Å². The maximum absolute atomic E-state index is 13.0. The van der Waals surface area contributed by atoms with Crippen LogP contribution in [0.4, 0.5) is 0 Å². The normalized spacial score (nSPS) is 15.9. The highest BCUT2D eigenvalue weighted by atomic mass is 32.1. The molecule has 3 rings (SSSR count). The predicted molar refractivity (Wildman–Crippen MR) is 112 cm³/mol. The number of hydrogen-bond acceptors (Lipinski definition) is 4. The Bertz CT molecular complexity index is 861. The first-order valence-corrected chi connectivity index (χ1v) is 10.6. The molecule has 2 amide bonds. The third-order valence-electron chi connectivity index (χ3n) is 5.30. The van der Waals surface area contributed by atoms with Crippen LogP contribution in [0.25, 0.3) is 0 Å². The Hall–Kier alpha value is -2.34. The van der Waals surface area contributed by atoms with E-state index >= 15 is 0 Å². The molecule has 0 spiro atoms. The van der Waals surface area contributed by atoms with Crippen molar-refractivity contribution in [1.29, 1.82) is 0 Å². The van der Waals surface area contributed by atoms with Crippen molar-refractivity contribution in [3.05, 3.63) is 51.2 Å². The second-order valence-electron chi connectivity index (χ2n) is 7.27. The van der Waals surface area contributed by atoms with E-state index < -0.39 is 0 Å². The van der Waals surface area contributed by atoms with Crippen LogP contribution < -0.4 is 4.74 Å². The van der Waals surface area contributed by atoms with Gasteiger partial charge in [0.15, 0.2) is 0 Å². The molecule has 0 saturated heterocycles. The van der Waals surface area contributed by atoms with E-state index in [1.54, 1.807) is 16.2 Å². The van der Waals surface area contributed by atoms with Crippen molar-refractivity contribution in [2.24, 2.45) is 0 Å². The van der Waals surface area contributed by atoms with Crippen LogP contribution in [0, 0.1) is 13.8 Å². The van der Waals surface area contributed by atoms with Crippen molar-refractivity contribution in [2.45, 2.75) is 40.2 Å². The summed E-state index contributed by atoms with van der Waals surface area (Å²) in [6.07, 6.45) is 0.852. The van der Waals surface area contributed by atoms with Crippen LogP contribution in [0.3, 0.4) is 0 Å². The summed E-state index contributed by atoms with van der Waals surface area (Å²) in [4.78, 5) is 29.5. The fraction of sp³-hybridized carbons (Fsp3) is 0.455. The number of aryl methyl sites for hydroxylation is 2. The first-order valence-electron chi connectivity index (χ1n) is 9.72. The van der Waals surface area contributed by atoms with Gasteiger partial charge in [-0.05, 0) is 55.8 Å². The molecule has 150 valence electrons. The topological polar surface area (TPSA) is 49.9 Å². The van der Waals surface area contributed by atoms with Crippen molar-refractivity contribution < 1.29 is 14.3 Å². The van der Waals surface area contributed by atoms with E-state index in [1.807, 2.05) is 30.9 Å². The highest BCUT2D eigenvalue weighted by Crippen LogP contribution is 2.34. The van der Waals surface area contributed by atoms with E-state index in [9.17, 15) is 9.59 Å². The molecule has 1 aromatic carbocycles. The number of carbonyl (C=O) groups excluding carboxylic acids is 2. The number of fused-ring (bicyclic) bond motifs is 1. The lowest BCUT2D eigenvalue weighted by atomic mass is 10.00. The van der Waals surface area contributed by atoms with Crippen molar-refractivity contribution in [3.8, 4) is 5.75 Å². The van der Waals surface area contributed by atoms with Gasteiger partial charge in [-0.3, -0.25) is 9.59 Å². The molecule has 0 radical (unpaired) electrons. The monoisotopic (exact) mass is 400 g/mol. The number of amides is 2. The number of nitrogens with zero attached hydrogens (tertiary/aromatic N) is 2. The summed E-state index contributed by atoms with van der Waals surface area (Å²) in [6, 6.07) is 8.09. The van der Waals surface area contributed by atoms with Gasteiger partial charge in [0.05, 0.1) is 12.6 Å². The van der Waals surface area contributed by atoms with E-state index in [0.29, 0.717) is 19.7 Å². The van der Waals surface area contributed by atoms with Crippen LogP contribution >= 0.6 is 11.3 Å². The minimum Gasteiger partial charge on any atom is -0.491 e. The Morgan fingerprint density at radius 1 is 1.29 bits per heavy atom. The molecular weight excluding hydrogens is 372 g/mol. The van der Waals surface area contributed by atoms with Crippen molar-refractivity contribution in [3.63, 3.8) is 0 Å². The summed E-state index contributed by atoms with van der Waals surface area (Å²) < 4.78 is 6.15. The summed E-state index contributed by atoms with van der Waals surface area (Å²) in [5, 5.41) is 2.08. The Balaban J connectivity index is 1.79. The van der Waals surface area contributed by atoms with Gasteiger partial charge in [0.25, 0.3) is 0 Å². The molecule has 28 heavy (non-hydrogen) atoms. The van der Waals surface area contributed by atoms with Gasteiger partial charge in [0, 0.05) is 24.9 Å². The molecule has 0 bridgehead atoms. The van der Waals surface area contributed by atoms with E-state index in [4.69, 9.17) is 4.74 Å². The number of rotatable bonds is 6. The molecule has 1 aromatic heterocycles. The summed E-state index contributed by atoms with van der Waals surface area (Å²) >= 11 is 1.73. The minimum absolute atomic E-state index is 0.0249. The molecular formula is C22H28N2O3S. The summed E-state index contributed by atoms with van der Waals surface area (Å²) in [6.45, 7) is 9.20. The van der Waals surface area contributed by atoms with Gasteiger partial charge >= 0.3 is 0 Å². The summed E-state index contributed by atoms with van der Waals surface area (Å²) in [7, 11) is 0. The predicted octanol–water partition coefficient (Wildman–Crippen LogP) is 3.74. The van der Waals surface area contributed by atoms with Gasteiger partial charge in [-0.25, -0.2) is 0 Å². The molecule has 1 unspecified atom stereocenters. The van der Waals surface area contributed by atoms with Gasteiger partial charge in [0.1, 0.15) is 12.4 Å². The molecule has 5 nitrogen and oxygen atoms in total. The van der Waals surface area contributed by atoms with Crippen molar-refractivity contribution in [2.75, 3.05) is 26.2 Å². The van der Waals surface area contributed by atoms with Gasteiger partial charge in [0.2, 0.25) is 11.8 Å². The SMILES string of the molecule is CCN(CC(=O)N1CCc2sccc2C1COc1ccc(C)cc1C)C(C)=O. The van der Waals surface area contributed by atoms with Crippen LogP contribution in [0.2, 0.25) is 0 Å². The first kappa shape index (κ1) is 20.4. The second-order valence-corrected chi connectivity index (χ2v) is 8.27. The number of carbonyl (C=O) groups is 2. The second kappa shape index (κ2) is 8.78. The van der Waals surface area contributed by atoms with Crippen LogP contribution in [0.5, 0.6) is 5.75 Å². The lowest BCUT2D eigenvalue weighted by Gasteiger charge is -2.37. The highest BCUT2D eigenvalue weighted by molar-refractivity contribution is 7.10. The molecule has 1 atom stereocenters. The van der Waals surface area contributed by atoms with Gasteiger partial charge in [-0.1, -0.05) is 17.7 Å². The van der Waals surface area contributed by atoms with Crippen molar-refractivity contribution >= 4 is 23.2 Å². The van der Waals surface area contributed by atoms with Gasteiger partial charge in [-0.2, -0.15) is 0 Å². The molecule has 2 aromatic rings. The summed E-state index contributed by atoms with van der Waals surface area (Å²) in [5.74, 6) is 0.745. The summed E-state index contributed by atoms with van der Waals surface area (Å²) in [5.41, 5.74) is 3.46. The Morgan fingerprint density at radius 3 is 2.75 bits per heavy atom. The zero-order chi connectivity index (χ0) is 20.3. The third kappa shape index (κ3) is 4.38. The third-order valence-corrected chi connectivity index (χ3v) is 6.29. The highest BCUT2D eigenvalue weighted by Gasteiger charge is 2.33. The molecule has 0 N–H and O–H groups in total. The van der Waals surface area contributed by atoms with Gasteiger partial charge in [-0.15, -0.1) is 11.3 Å². The Labute approximate surface area is 170 Å². The number of benzene rings is 1. The standard InChI is InChI=1S/C22H28N2O3S/c1-5-23(17(4)25)13-22(26)24-10-8-21-18(9-11-28-21)19(24)14-27-20-7-6-15(2)12-16(20)3/h6-7,9,11-12,19H,5,8,10,13-14H2,1-4H3. The molecule has 0 aliphatic carbocycles. The van der Waals surface area contributed by atoms with Crippen molar-refractivity contribution in [1.82, 2.24) is 9.80 Å². The van der Waals surface area contributed by atoms with Gasteiger partial charge < -0.3 is 14.5 Å². The van der Waals surface area contributed by atoms with Crippen LogP contribution in [-0.4, -0.2) is 47.9 Å². The maximum Gasteiger partial charge on any atom is 0.242 e. The molecule has 1 aliphatic rings. The van der Waals surface area contributed by atoms with E-state index in [1.165, 1.54) is 22.9 Å². The fourth-order valence-corrected chi connectivity index (χ4v) is 4.63. The molecule has 2 heterocycles. The lowest BCUT2D eigenvalue weighted by molar-refractivity contribution is -0.141. The zero-order valence-electron chi connectivity index (χ0n) is 17.0. The molecule has 6 heteroatoms. The largest absolute Gasteiger partial charge is 0.491 e. The number of thiophene rings is 1. The number of ether oxygens (including phenoxy) is 1. The molecule has 0 fully saturated rings. The number of hydrogen-bond donors (Lipinski definition) is 0. The quantitative estimate of drug-likeness (QED) is 0.742. The Kier molecular flexibility index (Phi) is 6.39. The Morgan fingerprint density at radius 2 is 2.07 bits per heavy atom. The van der Waals surface area contributed by atoms with E-state index in [2.05, 4.69) is 24.4 Å². The molecule has 1 aliphatic heterocycles. The minimum atomic E-state index is -0.131. The fourth-order valence-electron chi connectivity index (χ4n) is 3.70. The lowest BCUT2D eigenvalue weighted by Crippen LogP contribution is -2.47. The first-order chi connectivity index (χ1) is 13.4. The smallest absolute Gasteiger partial charge is 0.242 e.